The number of nitrogens with zero attached hydrogens (tertiary/aromatic N) is 1. The summed E-state index contributed by atoms with van der Waals surface area (Å²) in [6.07, 6.45) is 2.40. The van der Waals surface area contributed by atoms with Crippen LogP contribution in [0.1, 0.15) is 25.3 Å². The lowest BCUT2D eigenvalue weighted by atomic mass is 10.1. The molecule has 1 aromatic rings. The summed E-state index contributed by atoms with van der Waals surface area (Å²) in [5, 5.41) is 0. The van der Waals surface area contributed by atoms with Gasteiger partial charge in [0.25, 0.3) is 0 Å². The van der Waals surface area contributed by atoms with Crippen molar-refractivity contribution in [2.75, 3.05) is 26.7 Å². The van der Waals surface area contributed by atoms with Crippen LogP contribution in [-0.2, 0) is 6.54 Å². The van der Waals surface area contributed by atoms with Crippen LogP contribution in [0, 0.1) is 0 Å². The van der Waals surface area contributed by atoms with Crippen molar-refractivity contribution in [3.63, 3.8) is 0 Å². The molecule has 0 aromatic heterocycles. The van der Waals surface area contributed by atoms with Gasteiger partial charge in [-0.05, 0) is 25.5 Å². The fourth-order valence-electron chi connectivity index (χ4n) is 2.53. The minimum absolute atomic E-state index is 0.268. The Hall–Kier alpha value is -1.26. The fraction of sp³-hybridized carbons (Fsp3) is 0.600. The lowest BCUT2D eigenvalue weighted by Gasteiger charge is -2.32. The fourth-order valence-corrected chi connectivity index (χ4v) is 2.53. The first-order valence-electron chi connectivity index (χ1n) is 7.03. The SMILES string of the molecule is CCN1CCC(Oc2c(CN)cccc2OC)CC1. The molecule has 4 nitrogen and oxygen atoms in total. The Morgan fingerprint density at radius 1 is 1.32 bits per heavy atom. The second-order valence-corrected chi connectivity index (χ2v) is 4.90. The highest BCUT2D eigenvalue weighted by molar-refractivity contribution is 5.46. The molecule has 1 aliphatic heterocycles. The Morgan fingerprint density at radius 2 is 2.05 bits per heavy atom. The Labute approximate surface area is 115 Å². The normalized spacial score (nSPS) is 17.4. The van der Waals surface area contributed by atoms with Crippen LogP contribution in [0.3, 0.4) is 0 Å². The highest BCUT2D eigenvalue weighted by Crippen LogP contribution is 2.33. The van der Waals surface area contributed by atoms with Crippen molar-refractivity contribution in [3.8, 4) is 11.5 Å². The topological polar surface area (TPSA) is 47.7 Å². The third kappa shape index (κ3) is 3.39. The van der Waals surface area contributed by atoms with Gasteiger partial charge in [-0.1, -0.05) is 19.1 Å². The molecule has 0 amide bonds. The summed E-state index contributed by atoms with van der Waals surface area (Å²) in [7, 11) is 1.67. The molecule has 1 saturated heterocycles. The highest BCUT2D eigenvalue weighted by atomic mass is 16.5. The van der Waals surface area contributed by atoms with E-state index in [1.54, 1.807) is 7.11 Å². The molecule has 106 valence electrons. The lowest BCUT2D eigenvalue weighted by Crippen LogP contribution is -2.38. The zero-order valence-corrected chi connectivity index (χ0v) is 11.9. The predicted octanol–water partition coefficient (Wildman–Crippen LogP) is 2.02. The third-order valence-corrected chi connectivity index (χ3v) is 3.77. The monoisotopic (exact) mass is 264 g/mol. The molecule has 1 aromatic carbocycles. The van der Waals surface area contributed by atoms with Gasteiger partial charge in [0.15, 0.2) is 11.5 Å². The van der Waals surface area contributed by atoms with Gasteiger partial charge < -0.3 is 20.1 Å². The number of hydrogen-bond acceptors (Lipinski definition) is 4. The molecule has 1 heterocycles. The second kappa shape index (κ2) is 6.78. The molecule has 0 unspecified atom stereocenters. The van der Waals surface area contributed by atoms with Crippen LogP contribution in [0.25, 0.3) is 0 Å². The highest BCUT2D eigenvalue weighted by Gasteiger charge is 2.21. The first-order chi connectivity index (χ1) is 9.28. The maximum absolute atomic E-state index is 6.16. The van der Waals surface area contributed by atoms with E-state index in [-0.39, 0.29) is 6.10 Å². The van der Waals surface area contributed by atoms with E-state index in [1.165, 1.54) is 0 Å². The number of benzene rings is 1. The lowest BCUT2D eigenvalue weighted by molar-refractivity contribution is 0.100. The first-order valence-corrected chi connectivity index (χ1v) is 7.03. The molecule has 2 rings (SSSR count). The van der Waals surface area contributed by atoms with E-state index in [0.717, 1.165) is 49.5 Å². The van der Waals surface area contributed by atoms with E-state index in [0.29, 0.717) is 6.54 Å². The average Bonchev–Trinajstić information content (AvgIpc) is 2.48. The molecule has 0 radical (unpaired) electrons. The maximum Gasteiger partial charge on any atom is 0.166 e. The Kier molecular flexibility index (Phi) is 5.05. The third-order valence-electron chi connectivity index (χ3n) is 3.77. The van der Waals surface area contributed by atoms with Gasteiger partial charge in [-0.3, -0.25) is 0 Å². The van der Waals surface area contributed by atoms with Crippen LogP contribution in [0.2, 0.25) is 0 Å². The summed E-state index contributed by atoms with van der Waals surface area (Å²) in [4.78, 5) is 2.45. The number of nitrogens with two attached hydrogens (primary N) is 1. The molecular weight excluding hydrogens is 240 g/mol. The van der Waals surface area contributed by atoms with Crippen molar-refractivity contribution >= 4 is 0 Å². The van der Waals surface area contributed by atoms with Crippen LogP contribution < -0.4 is 15.2 Å². The Bertz CT molecular complexity index is 379. The molecular formula is C15H24N2O2. The summed E-state index contributed by atoms with van der Waals surface area (Å²) < 4.78 is 11.5. The van der Waals surface area contributed by atoms with Gasteiger partial charge in [-0.15, -0.1) is 0 Å². The number of methoxy groups -OCH3 is 1. The molecule has 0 bridgehead atoms. The summed E-state index contributed by atoms with van der Waals surface area (Å²) in [5.74, 6) is 1.60. The molecule has 0 aliphatic carbocycles. The average molecular weight is 264 g/mol. The molecule has 0 atom stereocenters. The van der Waals surface area contributed by atoms with E-state index in [4.69, 9.17) is 15.2 Å². The number of piperidine rings is 1. The van der Waals surface area contributed by atoms with Crippen LogP contribution in [0.5, 0.6) is 11.5 Å². The maximum atomic E-state index is 6.16. The number of likely N-dealkylation sites (tertiary alicyclic amines) is 1. The largest absolute Gasteiger partial charge is 0.493 e. The van der Waals surface area contributed by atoms with Crippen LogP contribution in [-0.4, -0.2) is 37.7 Å². The molecule has 4 heteroatoms. The predicted molar refractivity (Wildman–Crippen MR) is 76.6 cm³/mol. The van der Waals surface area contributed by atoms with E-state index in [1.807, 2.05) is 18.2 Å². The molecule has 0 saturated carbocycles. The number of ether oxygens (including phenoxy) is 2. The van der Waals surface area contributed by atoms with Gasteiger partial charge >= 0.3 is 0 Å². The van der Waals surface area contributed by atoms with Crippen molar-refractivity contribution in [2.24, 2.45) is 5.73 Å². The van der Waals surface area contributed by atoms with Gasteiger partial charge in [-0.2, -0.15) is 0 Å². The van der Waals surface area contributed by atoms with Crippen LogP contribution in [0.15, 0.2) is 18.2 Å². The Balaban J connectivity index is 2.06. The molecule has 1 fully saturated rings. The van der Waals surface area contributed by atoms with E-state index in [2.05, 4.69) is 11.8 Å². The first kappa shape index (κ1) is 14.2. The minimum Gasteiger partial charge on any atom is -0.493 e. The summed E-state index contributed by atoms with van der Waals surface area (Å²) >= 11 is 0. The van der Waals surface area contributed by atoms with Crippen LogP contribution >= 0.6 is 0 Å². The van der Waals surface area contributed by atoms with Gasteiger partial charge in [0.2, 0.25) is 0 Å². The molecule has 1 aliphatic rings. The zero-order chi connectivity index (χ0) is 13.7. The van der Waals surface area contributed by atoms with Crippen molar-refractivity contribution < 1.29 is 9.47 Å². The second-order valence-electron chi connectivity index (χ2n) is 4.90. The summed E-state index contributed by atoms with van der Waals surface area (Å²) in [6.45, 7) is 6.01. The zero-order valence-electron chi connectivity index (χ0n) is 11.9. The van der Waals surface area contributed by atoms with Gasteiger partial charge in [0.05, 0.1) is 7.11 Å². The quantitative estimate of drug-likeness (QED) is 0.884. The number of para-hydroxylation sites is 1. The van der Waals surface area contributed by atoms with Gasteiger partial charge in [-0.25, -0.2) is 0 Å². The van der Waals surface area contributed by atoms with Crippen molar-refractivity contribution in [1.82, 2.24) is 4.90 Å². The number of rotatable bonds is 5. The molecule has 0 spiro atoms. The standard InChI is InChI=1S/C15H24N2O2/c1-3-17-9-7-13(8-10-17)19-15-12(11-16)5-4-6-14(15)18-2/h4-6,13H,3,7-11,16H2,1-2H3. The Morgan fingerprint density at radius 3 is 2.63 bits per heavy atom. The summed E-state index contributed by atoms with van der Waals surface area (Å²) in [5.41, 5.74) is 6.79. The minimum atomic E-state index is 0.268. The van der Waals surface area contributed by atoms with Gasteiger partial charge in [0.1, 0.15) is 6.10 Å². The van der Waals surface area contributed by atoms with Crippen molar-refractivity contribution in [2.45, 2.75) is 32.4 Å². The molecule has 19 heavy (non-hydrogen) atoms. The van der Waals surface area contributed by atoms with Gasteiger partial charge in [0, 0.05) is 25.2 Å². The van der Waals surface area contributed by atoms with Crippen molar-refractivity contribution in [1.29, 1.82) is 0 Å². The van der Waals surface area contributed by atoms with E-state index < -0.39 is 0 Å². The molecule has 2 N–H and O–H groups in total. The van der Waals surface area contributed by atoms with Crippen molar-refractivity contribution in [3.05, 3.63) is 23.8 Å². The smallest absolute Gasteiger partial charge is 0.166 e. The van der Waals surface area contributed by atoms with Crippen LogP contribution in [0.4, 0.5) is 0 Å². The van der Waals surface area contributed by atoms with E-state index >= 15 is 0 Å². The van der Waals surface area contributed by atoms with E-state index in [9.17, 15) is 0 Å². The number of hydrogen-bond donors (Lipinski definition) is 1. The summed E-state index contributed by atoms with van der Waals surface area (Å²) in [6, 6.07) is 5.88.